The number of rotatable bonds is 5. The molecule has 4 nitrogen and oxygen atoms in total. The lowest BCUT2D eigenvalue weighted by Crippen LogP contribution is -2.22. The molecule has 0 fully saturated rings. The average Bonchev–Trinajstić information content (AvgIpc) is 2.58. The number of halogens is 1. The third kappa shape index (κ3) is 5.35. The lowest BCUT2D eigenvalue weighted by Gasteiger charge is -2.07. The fourth-order valence-electron chi connectivity index (χ4n) is 2.06. The molecule has 0 aliphatic rings. The minimum Gasteiger partial charge on any atom is -0.466 e. The smallest absolute Gasteiger partial charge is 0.330 e. The molecule has 5 heteroatoms. The van der Waals surface area contributed by atoms with E-state index in [0.29, 0.717) is 12.1 Å². The predicted octanol–water partition coefficient (Wildman–Crippen LogP) is 3.87. The lowest BCUT2D eigenvalue weighted by molar-refractivity contribution is -0.134. The normalized spacial score (nSPS) is 10.6. The Bertz CT molecular complexity index is 767. The molecule has 24 heavy (non-hydrogen) atoms. The number of carbonyl (C=O) groups is 2. The third-order valence-corrected chi connectivity index (χ3v) is 3.83. The number of hydrogen-bond donors (Lipinski definition) is 1. The summed E-state index contributed by atoms with van der Waals surface area (Å²) >= 11 is 3.38. The highest BCUT2D eigenvalue weighted by molar-refractivity contribution is 9.10. The molecule has 2 rings (SSSR count). The van der Waals surface area contributed by atoms with E-state index in [1.54, 1.807) is 18.2 Å². The van der Waals surface area contributed by atoms with Crippen molar-refractivity contribution in [2.24, 2.45) is 0 Å². The Morgan fingerprint density at radius 3 is 2.54 bits per heavy atom. The first-order valence-electron chi connectivity index (χ1n) is 7.38. The van der Waals surface area contributed by atoms with Gasteiger partial charge in [-0.15, -0.1) is 0 Å². The predicted molar refractivity (Wildman–Crippen MR) is 97.5 cm³/mol. The van der Waals surface area contributed by atoms with Crippen molar-refractivity contribution in [3.05, 3.63) is 75.3 Å². The van der Waals surface area contributed by atoms with Gasteiger partial charge < -0.3 is 10.1 Å². The van der Waals surface area contributed by atoms with E-state index in [1.807, 2.05) is 37.3 Å². The first-order valence-corrected chi connectivity index (χ1v) is 8.17. The topological polar surface area (TPSA) is 55.4 Å². The Morgan fingerprint density at radius 2 is 1.88 bits per heavy atom. The van der Waals surface area contributed by atoms with Crippen LogP contribution in [-0.2, 0) is 16.1 Å². The van der Waals surface area contributed by atoms with Crippen LogP contribution in [0.15, 0.2) is 53.0 Å². The minimum absolute atomic E-state index is 0.176. The van der Waals surface area contributed by atoms with Gasteiger partial charge in [-0.3, -0.25) is 4.79 Å². The van der Waals surface area contributed by atoms with Crippen LogP contribution in [0.2, 0.25) is 0 Å². The number of esters is 1. The Labute approximate surface area is 149 Å². The summed E-state index contributed by atoms with van der Waals surface area (Å²) in [5, 5.41) is 2.89. The molecule has 0 saturated carbocycles. The van der Waals surface area contributed by atoms with Crippen molar-refractivity contribution in [3.63, 3.8) is 0 Å². The summed E-state index contributed by atoms with van der Waals surface area (Å²) < 4.78 is 5.32. The summed E-state index contributed by atoms with van der Waals surface area (Å²) in [5.41, 5.74) is 3.46. The summed E-state index contributed by atoms with van der Waals surface area (Å²) in [6.45, 7) is 2.48. The van der Waals surface area contributed by atoms with Gasteiger partial charge in [-0.05, 0) is 42.3 Å². The van der Waals surface area contributed by atoms with E-state index in [1.165, 1.54) is 18.7 Å². The number of ether oxygens (including phenoxy) is 1. The zero-order chi connectivity index (χ0) is 17.5. The molecule has 0 heterocycles. The van der Waals surface area contributed by atoms with Crippen molar-refractivity contribution in [3.8, 4) is 0 Å². The molecule has 0 aliphatic carbocycles. The maximum absolute atomic E-state index is 12.3. The molecule has 1 amide bonds. The van der Waals surface area contributed by atoms with Crippen molar-refractivity contribution in [2.45, 2.75) is 13.5 Å². The van der Waals surface area contributed by atoms with Crippen molar-refractivity contribution in [2.75, 3.05) is 7.11 Å². The summed E-state index contributed by atoms with van der Waals surface area (Å²) in [6.07, 6.45) is 2.92. The Morgan fingerprint density at radius 1 is 1.17 bits per heavy atom. The number of carbonyl (C=O) groups excluding carboxylic acids is 2. The molecule has 2 aromatic carbocycles. The maximum atomic E-state index is 12.3. The highest BCUT2D eigenvalue weighted by atomic mass is 79.9. The fourth-order valence-corrected chi connectivity index (χ4v) is 2.57. The van der Waals surface area contributed by atoms with Crippen LogP contribution >= 0.6 is 15.9 Å². The second-order valence-electron chi connectivity index (χ2n) is 5.30. The standard InChI is InChI=1S/C19H18BrNO3/c1-13-3-5-14(6-4-13)12-21-19(23)16-9-15(10-17(20)11-16)7-8-18(22)24-2/h3-11H,12H2,1-2H3,(H,21,23)/b8-7+. The van der Waals surface area contributed by atoms with E-state index in [2.05, 4.69) is 26.0 Å². The zero-order valence-electron chi connectivity index (χ0n) is 13.5. The zero-order valence-corrected chi connectivity index (χ0v) is 15.1. The minimum atomic E-state index is -0.444. The van der Waals surface area contributed by atoms with Crippen molar-refractivity contribution < 1.29 is 14.3 Å². The van der Waals surface area contributed by atoms with Crippen LogP contribution in [0.4, 0.5) is 0 Å². The van der Waals surface area contributed by atoms with E-state index in [9.17, 15) is 9.59 Å². The maximum Gasteiger partial charge on any atom is 0.330 e. The highest BCUT2D eigenvalue weighted by Gasteiger charge is 2.07. The third-order valence-electron chi connectivity index (χ3n) is 3.37. The van der Waals surface area contributed by atoms with Crippen LogP contribution in [0.25, 0.3) is 6.08 Å². The molecule has 0 spiro atoms. The number of amides is 1. The van der Waals surface area contributed by atoms with Crippen LogP contribution < -0.4 is 5.32 Å². The van der Waals surface area contributed by atoms with Gasteiger partial charge >= 0.3 is 5.97 Å². The van der Waals surface area contributed by atoms with E-state index in [4.69, 9.17) is 0 Å². The number of hydrogen-bond acceptors (Lipinski definition) is 3. The Hall–Kier alpha value is -2.40. The van der Waals surface area contributed by atoms with Gasteiger partial charge in [-0.25, -0.2) is 4.79 Å². The highest BCUT2D eigenvalue weighted by Crippen LogP contribution is 2.17. The Kier molecular flexibility index (Phi) is 6.32. The second-order valence-corrected chi connectivity index (χ2v) is 6.21. The van der Waals surface area contributed by atoms with Crippen LogP contribution in [0.5, 0.6) is 0 Å². The van der Waals surface area contributed by atoms with Gasteiger partial charge in [-0.1, -0.05) is 45.8 Å². The number of benzene rings is 2. The fraction of sp³-hybridized carbons (Fsp3) is 0.158. The Balaban J connectivity index is 2.08. The van der Waals surface area contributed by atoms with Gasteiger partial charge in [0.15, 0.2) is 0 Å². The summed E-state index contributed by atoms with van der Waals surface area (Å²) in [4.78, 5) is 23.5. The van der Waals surface area contributed by atoms with Gasteiger partial charge in [0.1, 0.15) is 0 Å². The molecular formula is C19H18BrNO3. The summed E-state index contributed by atoms with van der Waals surface area (Å²) in [5.74, 6) is -0.620. The van der Waals surface area contributed by atoms with Crippen molar-refractivity contribution >= 4 is 33.9 Å². The van der Waals surface area contributed by atoms with Crippen LogP contribution in [0.3, 0.4) is 0 Å². The van der Waals surface area contributed by atoms with Crippen LogP contribution in [0.1, 0.15) is 27.0 Å². The molecule has 0 aromatic heterocycles. The van der Waals surface area contributed by atoms with E-state index >= 15 is 0 Å². The number of methoxy groups -OCH3 is 1. The van der Waals surface area contributed by atoms with Gasteiger partial charge in [0.05, 0.1) is 7.11 Å². The van der Waals surface area contributed by atoms with Crippen molar-refractivity contribution in [1.82, 2.24) is 5.32 Å². The van der Waals surface area contributed by atoms with Crippen LogP contribution in [0, 0.1) is 6.92 Å². The molecular weight excluding hydrogens is 370 g/mol. The molecule has 0 bridgehead atoms. The van der Waals surface area contributed by atoms with E-state index in [-0.39, 0.29) is 5.91 Å². The molecule has 0 saturated heterocycles. The molecule has 2 aromatic rings. The SMILES string of the molecule is COC(=O)/C=C/c1cc(Br)cc(C(=O)NCc2ccc(C)cc2)c1. The van der Waals surface area contributed by atoms with Gasteiger partial charge in [0.2, 0.25) is 0 Å². The molecule has 0 unspecified atom stereocenters. The van der Waals surface area contributed by atoms with Gasteiger partial charge in [-0.2, -0.15) is 0 Å². The second kappa shape index (κ2) is 8.45. The molecule has 1 N–H and O–H groups in total. The quantitative estimate of drug-likeness (QED) is 0.625. The average molecular weight is 388 g/mol. The molecule has 124 valence electrons. The largest absolute Gasteiger partial charge is 0.466 e. The number of nitrogens with one attached hydrogen (secondary N) is 1. The molecule has 0 aliphatic heterocycles. The summed E-state index contributed by atoms with van der Waals surface area (Å²) in [6, 6.07) is 13.3. The number of aryl methyl sites for hydroxylation is 1. The van der Waals surface area contributed by atoms with E-state index < -0.39 is 5.97 Å². The van der Waals surface area contributed by atoms with Crippen molar-refractivity contribution in [1.29, 1.82) is 0 Å². The monoisotopic (exact) mass is 387 g/mol. The summed E-state index contributed by atoms with van der Waals surface area (Å²) in [7, 11) is 1.32. The van der Waals surface area contributed by atoms with Gasteiger partial charge in [0, 0.05) is 22.7 Å². The first-order chi connectivity index (χ1) is 11.5. The van der Waals surface area contributed by atoms with Gasteiger partial charge in [0.25, 0.3) is 5.91 Å². The first kappa shape index (κ1) is 17.9. The lowest BCUT2D eigenvalue weighted by atomic mass is 10.1. The van der Waals surface area contributed by atoms with Crippen LogP contribution in [-0.4, -0.2) is 19.0 Å². The van der Waals surface area contributed by atoms with E-state index in [0.717, 1.165) is 15.6 Å². The molecule has 0 atom stereocenters. The molecule has 0 radical (unpaired) electrons.